The second-order valence-corrected chi connectivity index (χ2v) is 4.58. The quantitative estimate of drug-likeness (QED) is 0.251. The molecular weight excluding hydrogens is 292 g/mol. The third-order valence-corrected chi connectivity index (χ3v) is 3.30. The van der Waals surface area contributed by atoms with Gasteiger partial charge in [0.1, 0.15) is 0 Å². The van der Waals surface area contributed by atoms with E-state index in [-0.39, 0.29) is 17.7 Å². The molecule has 22 heavy (non-hydrogen) atoms. The number of nitrogens with one attached hydrogen (secondary N) is 1. The molecule has 8 heteroatoms. The fourth-order valence-electron chi connectivity index (χ4n) is 2.33. The van der Waals surface area contributed by atoms with Gasteiger partial charge in [0.05, 0.1) is 29.5 Å². The zero-order valence-corrected chi connectivity index (χ0v) is 11.6. The van der Waals surface area contributed by atoms with Gasteiger partial charge >= 0.3 is 11.7 Å². The van der Waals surface area contributed by atoms with E-state index in [0.29, 0.717) is 27.7 Å². The molecule has 0 fully saturated rings. The number of fused-ring (bicyclic) bond motifs is 2. The Balaban J connectivity index is 2.20. The lowest BCUT2D eigenvalue weighted by molar-refractivity contribution is -0.139. The first-order chi connectivity index (χ1) is 10.7. The Morgan fingerprint density at radius 1 is 1.55 bits per heavy atom. The summed E-state index contributed by atoms with van der Waals surface area (Å²) in [6, 6.07) is 2.48. The highest BCUT2D eigenvalue weighted by molar-refractivity contribution is 5.88. The number of nitrogens with zero attached hydrogens (tertiary/aromatic N) is 1. The molecular formula is C14H12N2O6. The molecule has 0 aliphatic carbocycles. The lowest BCUT2D eigenvalue weighted by Gasteiger charge is -2.18. The van der Waals surface area contributed by atoms with Crippen LogP contribution in [0.25, 0.3) is 6.26 Å². The number of esters is 1. The standard InChI is InChI=1S/C14H12N2O6/c1-2-20-14(18)12-4-10(15-7-17)9-3-8-6-21-22-13(8)5-11(9)16(12)19/h3-7,10H,2H2,1H3,(H,15,17). The topological polar surface area (TPSA) is 99.9 Å². The van der Waals surface area contributed by atoms with Crippen molar-refractivity contribution in [1.29, 1.82) is 0 Å². The average molecular weight is 304 g/mol. The highest BCUT2D eigenvalue weighted by Crippen LogP contribution is 2.19. The monoisotopic (exact) mass is 304 g/mol. The summed E-state index contributed by atoms with van der Waals surface area (Å²) in [6.07, 6.45) is 3.23. The van der Waals surface area contributed by atoms with Crippen molar-refractivity contribution in [2.45, 2.75) is 13.0 Å². The summed E-state index contributed by atoms with van der Waals surface area (Å²) in [5, 5.41) is 15.8. The molecule has 8 nitrogen and oxygen atoms in total. The Kier molecular flexibility index (Phi) is 3.42. The maximum atomic E-state index is 12.4. The second-order valence-electron chi connectivity index (χ2n) is 4.58. The highest BCUT2D eigenvalue weighted by Gasteiger charge is 2.31. The van der Waals surface area contributed by atoms with Crippen LogP contribution in [0.3, 0.4) is 0 Å². The number of benzene rings is 1. The van der Waals surface area contributed by atoms with Gasteiger partial charge in [0.25, 0.3) is 0 Å². The number of carbonyl (C=O) groups is 2. The number of carbonyl (C=O) groups excluding carboxylic acids is 2. The van der Waals surface area contributed by atoms with Crippen molar-refractivity contribution in [3.63, 3.8) is 0 Å². The minimum absolute atomic E-state index is 0.138. The van der Waals surface area contributed by atoms with E-state index in [1.807, 2.05) is 0 Å². The molecule has 114 valence electrons. The van der Waals surface area contributed by atoms with Gasteiger partial charge in [-0.3, -0.25) is 14.6 Å². The summed E-state index contributed by atoms with van der Waals surface area (Å²) < 4.78 is 5.32. The number of hydroxylamine groups is 1. The zero-order chi connectivity index (χ0) is 15.7. The van der Waals surface area contributed by atoms with Gasteiger partial charge in [-0.2, -0.15) is 4.74 Å². The largest absolute Gasteiger partial charge is 0.618 e. The predicted octanol–water partition coefficient (Wildman–Crippen LogP) is -1.01. The molecule has 0 aromatic heterocycles. The van der Waals surface area contributed by atoms with Crippen molar-refractivity contribution < 1.29 is 24.1 Å². The lowest BCUT2D eigenvalue weighted by atomic mass is 10.0. The molecule has 2 heterocycles. The van der Waals surface area contributed by atoms with Crippen LogP contribution in [0.1, 0.15) is 18.5 Å². The van der Waals surface area contributed by atoms with Crippen LogP contribution in [0.15, 0.2) is 23.9 Å². The highest BCUT2D eigenvalue weighted by atomic mass is 17.2. The molecule has 1 unspecified atom stereocenters. The van der Waals surface area contributed by atoms with Crippen molar-refractivity contribution in [3.05, 3.63) is 45.3 Å². The third kappa shape index (κ3) is 2.14. The van der Waals surface area contributed by atoms with Gasteiger partial charge in [-0.25, -0.2) is 4.79 Å². The summed E-state index contributed by atoms with van der Waals surface area (Å²) >= 11 is 0. The van der Waals surface area contributed by atoms with E-state index in [1.54, 1.807) is 13.0 Å². The number of amides is 1. The summed E-state index contributed by atoms with van der Waals surface area (Å²) in [7, 11) is 0. The molecule has 0 bridgehead atoms. The smallest absolute Gasteiger partial charge is 0.404 e. The van der Waals surface area contributed by atoms with E-state index < -0.39 is 12.0 Å². The first-order valence-corrected chi connectivity index (χ1v) is 6.56. The summed E-state index contributed by atoms with van der Waals surface area (Å²) in [5.74, 6) is -0.403. The first-order valence-electron chi connectivity index (χ1n) is 6.56. The van der Waals surface area contributed by atoms with Gasteiger partial charge < -0.3 is 15.3 Å². The van der Waals surface area contributed by atoms with E-state index in [9.17, 15) is 14.8 Å². The molecule has 1 amide bonds. The van der Waals surface area contributed by atoms with Crippen LogP contribution >= 0.6 is 0 Å². The second kappa shape index (κ2) is 5.40. The van der Waals surface area contributed by atoms with Crippen molar-refractivity contribution in [2.24, 2.45) is 0 Å². The molecule has 0 saturated carbocycles. The average Bonchev–Trinajstić information content (AvgIpc) is 2.96. The molecule has 0 radical (unpaired) electrons. The third-order valence-electron chi connectivity index (χ3n) is 3.30. The van der Waals surface area contributed by atoms with Crippen LogP contribution in [0.4, 0.5) is 0 Å². The van der Waals surface area contributed by atoms with Gasteiger partial charge in [0.2, 0.25) is 11.8 Å². The van der Waals surface area contributed by atoms with E-state index in [4.69, 9.17) is 14.5 Å². The van der Waals surface area contributed by atoms with Crippen LogP contribution in [-0.4, -0.2) is 19.0 Å². The number of rotatable bonds is 4. The normalized spacial score (nSPS) is 18.0. The Hall–Kier alpha value is -3.03. The van der Waals surface area contributed by atoms with Gasteiger partial charge in [-0.15, -0.1) is 0 Å². The van der Waals surface area contributed by atoms with Crippen LogP contribution < -0.4 is 25.5 Å². The van der Waals surface area contributed by atoms with Crippen molar-refractivity contribution in [3.8, 4) is 5.75 Å². The molecule has 1 aromatic rings. The van der Waals surface area contributed by atoms with Gasteiger partial charge in [0.15, 0.2) is 12.0 Å². The van der Waals surface area contributed by atoms with Crippen LogP contribution in [0.2, 0.25) is 0 Å². The molecule has 1 atom stereocenters. The van der Waals surface area contributed by atoms with Gasteiger partial charge in [0, 0.05) is 6.08 Å². The maximum absolute atomic E-state index is 12.4. The fraction of sp³-hybridized carbons (Fsp3) is 0.214. The molecule has 3 rings (SSSR count). The molecule has 1 aromatic carbocycles. The number of hydrogen-bond donors (Lipinski definition) is 1. The Bertz CT molecular complexity index is 798. The van der Waals surface area contributed by atoms with Crippen molar-refractivity contribution in [2.75, 3.05) is 6.61 Å². The zero-order valence-electron chi connectivity index (χ0n) is 11.6. The minimum Gasteiger partial charge on any atom is -0.618 e. The molecule has 0 saturated heterocycles. The maximum Gasteiger partial charge on any atom is 0.404 e. The van der Waals surface area contributed by atoms with Crippen molar-refractivity contribution >= 4 is 18.6 Å². The predicted molar refractivity (Wildman–Crippen MR) is 73.1 cm³/mol. The number of hydrogen-bond acceptors (Lipinski definition) is 6. The van der Waals surface area contributed by atoms with Crippen molar-refractivity contribution in [1.82, 2.24) is 10.1 Å². The van der Waals surface area contributed by atoms with E-state index in [2.05, 4.69) is 5.32 Å². The van der Waals surface area contributed by atoms with Gasteiger partial charge in [-0.1, -0.05) is 0 Å². The fourth-order valence-corrected chi connectivity index (χ4v) is 2.33. The summed E-state index contributed by atoms with van der Waals surface area (Å²) in [5.41, 5.74) is 0.329. The number of ether oxygens (including phenoxy) is 1. The Morgan fingerprint density at radius 2 is 2.36 bits per heavy atom. The lowest BCUT2D eigenvalue weighted by Crippen LogP contribution is -2.40. The van der Waals surface area contributed by atoms with Crippen LogP contribution in [-0.2, 0) is 19.2 Å². The van der Waals surface area contributed by atoms with Gasteiger partial charge in [-0.05, 0) is 13.0 Å². The minimum atomic E-state index is -0.759. The van der Waals surface area contributed by atoms with E-state index in [1.165, 1.54) is 18.4 Å². The van der Waals surface area contributed by atoms with Crippen LogP contribution in [0, 0.1) is 5.21 Å². The van der Waals surface area contributed by atoms with Crippen LogP contribution in [0.5, 0.6) is 5.75 Å². The Morgan fingerprint density at radius 3 is 3.09 bits per heavy atom. The summed E-state index contributed by atoms with van der Waals surface area (Å²) in [4.78, 5) is 32.3. The summed E-state index contributed by atoms with van der Waals surface area (Å²) in [6.45, 7) is 1.78. The molecule has 2 aliphatic rings. The van der Waals surface area contributed by atoms with E-state index >= 15 is 0 Å². The van der Waals surface area contributed by atoms with E-state index in [0.717, 1.165) is 0 Å². The molecule has 2 aliphatic heterocycles. The molecule has 1 N–H and O–H groups in total. The first kappa shape index (κ1) is 13.9. The molecule has 0 spiro atoms. The Labute approximate surface area is 124 Å². The SMILES string of the molecule is CCOC(=O)C1=CC(NC=O)c2cc3c(cc2=[N+]1[O-])OOC=3.